The SMILES string of the molecule is COc1ccc2nc(N(Cc3ccncc3)C(=O)CCSc3ccc(C)cc3)sc2c1. The summed E-state index contributed by atoms with van der Waals surface area (Å²) in [5.41, 5.74) is 3.12. The first-order valence-corrected chi connectivity index (χ1v) is 11.8. The largest absolute Gasteiger partial charge is 0.497 e. The molecule has 2 heterocycles. The average molecular weight is 450 g/mol. The third kappa shape index (κ3) is 5.42. The van der Waals surface area contributed by atoms with E-state index in [9.17, 15) is 4.79 Å². The number of hydrogen-bond donors (Lipinski definition) is 0. The molecule has 0 atom stereocenters. The Hall–Kier alpha value is -2.90. The first kappa shape index (κ1) is 21.3. The maximum absolute atomic E-state index is 13.2. The number of thioether (sulfide) groups is 1. The van der Waals surface area contributed by atoms with Crippen LogP contribution in [0.5, 0.6) is 5.75 Å². The van der Waals surface area contributed by atoms with Gasteiger partial charge in [0.25, 0.3) is 0 Å². The maximum Gasteiger partial charge on any atom is 0.229 e. The Morgan fingerprint density at radius 2 is 1.87 bits per heavy atom. The van der Waals surface area contributed by atoms with Gasteiger partial charge >= 0.3 is 0 Å². The summed E-state index contributed by atoms with van der Waals surface area (Å²) in [6.45, 7) is 2.54. The topological polar surface area (TPSA) is 55.3 Å². The van der Waals surface area contributed by atoms with E-state index in [1.807, 2.05) is 30.3 Å². The van der Waals surface area contributed by atoms with Crippen molar-refractivity contribution in [2.45, 2.75) is 24.8 Å². The van der Waals surface area contributed by atoms with Crippen molar-refractivity contribution in [1.29, 1.82) is 0 Å². The van der Waals surface area contributed by atoms with E-state index in [-0.39, 0.29) is 5.91 Å². The lowest BCUT2D eigenvalue weighted by Crippen LogP contribution is -2.30. The van der Waals surface area contributed by atoms with Crippen molar-refractivity contribution >= 4 is 44.4 Å². The van der Waals surface area contributed by atoms with Crippen molar-refractivity contribution < 1.29 is 9.53 Å². The smallest absolute Gasteiger partial charge is 0.229 e. The number of aromatic nitrogens is 2. The van der Waals surface area contributed by atoms with E-state index in [4.69, 9.17) is 9.72 Å². The molecule has 0 aliphatic carbocycles. The number of carbonyl (C=O) groups excluding carboxylic acids is 1. The number of aryl methyl sites for hydroxylation is 1. The predicted octanol–water partition coefficient (Wildman–Crippen LogP) is 5.72. The van der Waals surface area contributed by atoms with Crippen LogP contribution in [0, 0.1) is 6.92 Å². The predicted molar refractivity (Wildman–Crippen MR) is 128 cm³/mol. The molecule has 5 nitrogen and oxygen atoms in total. The zero-order valence-corrected chi connectivity index (χ0v) is 19.1. The lowest BCUT2D eigenvalue weighted by molar-refractivity contribution is -0.118. The van der Waals surface area contributed by atoms with E-state index in [0.29, 0.717) is 23.8 Å². The lowest BCUT2D eigenvalue weighted by atomic mass is 10.2. The van der Waals surface area contributed by atoms with E-state index in [1.54, 1.807) is 36.2 Å². The van der Waals surface area contributed by atoms with Crippen LogP contribution in [0.4, 0.5) is 5.13 Å². The minimum atomic E-state index is 0.0578. The number of carbonyl (C=O) groups is 1. The van der Waals surface area contributed by atoms with Crippen molar-refractivity contribution in [1.82, 2.24) is 9.97 Å². The number of ether oxygens (including phenoxy) is 1. The number of rotatable bonds is 8. The van der Waals surface area contributed by atoms with E-state index in [0.717, 1.165) is 21.5 Å². The highest BCUT2D eigenvalue weighted by atomic mass is 32.2. The Balaban J connectivity index is 1.53. The molecule has 0 bridgehead atoms. The molecule has 2 aromatic heterocycles. The van der Waals surface area contributed by atoms with Crippen LogP contribution in [0.3, 0.4) is 0 Å². The molecule has 1 amide bonds. The molecule has 31 heavy (non-hydrogen) atoms. The number of thiazole rings is 1. The second-order valence-electron chi connectivity index (χ2n) is 7.08. The summed E-state index contributed by atoms with van der Waals surface area (Å²) in [6, 6.07) is 18.0. The number of pyridine rings is 1. The van der Waals surface area contributed by atoms with Crippen molar-refractivity contribution in [3.8, 4) is 5.75 Å². The summed E-state index contributed by atoms with van der Waals surface area (Å²) in [5, 5.41) is 0.699. The van der Waals surface area contributed by atoms with Gasteiger partial charge in [0, 0.05) is 29.5 Å². The molecule has 0 aliphatic heterocycles. The van der Waals surface area contributed by atoms with E-state index >= 15 is 0 Å². The first-order chi connectivity index (χ1) is 15.1. The molecule has 7 heteroatoms. The van der Waals surface area contributed by atoms with Gasteiger partial charge in [-0.05, 0) is 55.0 Å². The monoisotopic (exact) mass is 449 g/mol. The van der Waals surface area contributed by atoms with Crippen LogP contribution in [0.2, 0.25) is 0 Å². The first-order valence-electron chi connectivity index (χ1n) is 9.96. The molecule has 0 unspecified atom stereocenters. The van der Waals surface area contributed by atoms with Gasteiger partial charge in [-0.25, -0.2) is 4.98 Å². The Bertz CT molecular complexity index is 1160. The van der Waals surface area contributed by atoms with E-state index in [1.165, 1.54) is 21.8 Å². The van der Waals surface area contributed by atoms with Crippen LogP contribution in [-0.2, 0) is 11.3 Å². The lowest BCUT2D eigenvalue weighted by Gasteiger charge is -2.20. The van der Waals surface area contributed by atoms with Crippen LogP contribution in [-0.4, -0.2) is 28.7 Å². The highest BCUT2D eigenvalue weighted by molar-refractivity contribution is 7.99. The van der Waals surface area contributed by atoms with Gasteiger partial charge in [0.05, 0.1) is 23.9 Å². The molecule has 2 aromatic carbocycles. The molecule has 0 aliphatic rings. The van der Waals surface area contributed by atoms with E-state index < -0.39 is 0 Å². The Labute approximate surface area is 190 Å². The fourth-order valence-corrected chi connectivity index (χ4v) is 4.95. The van der Waals surface area contributed by atoms with E-state index in [2.05, 4.69) is 36.2 Å². The molecule has 0 N–H and O–H groups in total. The average Bonchev–Trinajstić information content (AvgIpc) is 3.22. The van der Waals surface area contributed by atoms with Gasteiger partial charge in [-0.2, -0.15) is 0 Å². The fourth-order valence-electron chi connectivity index (χ4n) is 3.09. The zero-order chi connectivity index (χ0) is 21.6. The molecule has 158 valence electrons. The van der Waals surface area contributed by atoms with Gasteiger partial charge in [-0.3, -0.25) is 14.7 Å². The summed E-state index contributed by atoms with van der Waals surface area (Å²) in [7, 11) is 1.65. The number of benzene rings is 2. The van der Waals surface area contributed by atoms with Crippen LogP contribution in [0.1, 0.15) is 17.5 Å². The minimum absolute atomic E-state index is 0.0578. The number of amides is 1. The highest BCUT2D eigenvalue weighted by Gasteiger charge is 2.20. The van der Waals surface area contributed by atoms with Crippen molar-refractivity contribution in [3.63, 3.8) is 0 Å². The summed E-state index contributed by atoms with van der Waals surface area (Å²) < 4.78 is 6.32. The second kappa shape index (κ2) is 9.94. The Morgan fingerprint density at radius 3 is 2.61 bits per heavy atom. The number of methoxy groups -OCH3 is 1. The molecule has 0 saturated carbocycles. The fraction of sp³-hybridized carbons (Fsp3) is 0.208. The number of hydrogen-bond acceptors (Lipinski definition) is 6. The van der Waals surface area contributed by atoms with Crippen LogP contribution in [0.25, 0.3) is 10.2 Å². The van der Waals surface area contributed by atoms with Gasteiger partial charge in [0.1, 0.15) is 5.75 Å². The molecule has 0 saturated heterocycles. The summed E-state index contributed by atoms with van der Waals surface area (Å²) in [6.07, 6.45) is 3.92. The van der Waals surface area contributed by atoms with Gasteiger partial charge < -0.3 is 4.74 Å². The quantitative estimate of drug-likeness (QED) is 0.322. The van der Waals surface area contributed by atoms with Gasteiger partial charge in [0.15, 0.2) is 5.13 Å². The number of fused-ring (bicyclic) bond motifs is 1. The van der Waals surface area contributed by atoms with Crippen LogP contribution in [0.15, 0.2) is 71.9 Å². The van der Waals surface area contributed by atoms with Crippen LogP contribution < -0.4 is 9.64 Å². The summed E-state index contributed by atoms with van der Waals surface area (Å²) in [4.78, 5) is 25.0. The minimum Gasteiger partial charge on any atom is -0.497 e. The third-order valence-electron chi connectivity index (χ3n) is 4.81. The molecular weight excluding hydrogens is 426 g/mol. The van der Waals surface area contributed by atoms with Gasteiger partial charge in [-0.15, -0.1) is 11.8 Å². The Kier molecular flexibility index (Phi) is 6.84. The molecule has 0 radical (unpaired) electrons. The van der Waals surface area contributed by atoms with Gasteiger partial charge in [-0.1, -0.05) is 29.0 Å². The number of nitrogens with zero attached hydrogens (tertiary/aromatic N) is 3. The van der Waals surface area contributed by atoms with Gasteiger partial charge in [0.2, 0.25) is 5.91 Å². The molecule has 4 aromatic rings. The maximum atomic E-state index is 13.2. The third-order valence-corrected chi connectivity index (χ3v) is 6.87. The summed E-state index contributed by atoms with van der Waals surface area (Å²) >= 11 is 3.20. The second-order valence-corrected chi connectivity index (χ2v) is 9.25. The standard InChI is InChI=1S/C24H23N3O2S2/c1-17-3-6-20(7-4-17)30-14-11-23(28)27(16-18-9-12-25-13-10-18)24-26-21-8-5-19(29-2)15-22(21)31-24/h3-10,12-13,15H,11,14,16H2,1-2H3. The Morgan fingerprint density at radius 1 is 1.10 bits per heavy atom. The molecular formula is C24H23N3O2S2. The highest BCUT2D eigenvalue weighted by Crippen LogP contribution is 2.33. The van der Waals surface area contributed by atoms with Crippen molar-refractivity contribution in [2.24, 2.45) is 0 Å². The molecule has 4 rings (SSSR count). The normalized spacial score (nSPS) is 10.9. The molecule has 0 spiro atoms. The summed E-state index contributed by atoms with van der Waals surface area (Å²) in [5.74, 6) is 1.56. The van der Waals surface area contributed by atoms with Crippen molar-refractivity contribution in [3.05, 3.63) is 78.1 Å². The molecule has 0 fully saturated rings. The van der Waals surface area contributed by atoms with Crippen LogP contribution >= 0.6 is 23.1 Å². The van der Waals surface area contributed by atoms with Crippen molar-refractivity contribution in [2.75, 3.05) is 17.8 Å². The zero-order valence-electron chi connectivity index (χ0n) is 17.4. The number of anilines is 1.